The van der Waals surface area contributed by atoms with Crippen molar-refractivity contribution >= 4 is 39.1 Å². The van der Waals surface area contributed by atoms with Gasteiger partial charge >= 0.3 is 0 Å². The number of ether oxygens (including phenoxy) is 1. The van der Waals surface area contributed by atoms with Crippen molar-refractivity contribution in [2.75, 3.05) is 12.9 Å². The van der Waals surface area contributed by atoms with E-state index in [0.29, 0.717) is 5.78 Å². The van der Waals surface area contributed by atoms with Crippen LogP contribution in [0.2, 0.25) is 0 Å². The molecule has 0 saturated carbocycles. The topological polar surface area (TPSA) is 61.4 Å². The summed E-state index contributed by atoms with van der Waals surface area (Å²) < 4.78 is 9.18. The van der Waals surface area contributed by atoms with E-state index in [1.165, 1.54) is 42.5 Å². The highest BCUT2D eigenvalue weighted by Gasteiger charge is 2.25. The molecule has 0 amide bonds. The van der Waals surface area contributed by atoms with Crippen LogP contribution in [0.15, 0.2) is 34.2 Å². The molecule has 4 aromatic rings. The lowest BCUT2D eigenvalue weighted by Gasteiger charge is -2.11. The summed E-state index contributed by atoms with van der Waals surface area (Å²) in [7, 11) is 1.65. The summed E-state index contributed by atoms with van der Waals surface area (Å²) in [4.78, 5) is 16.3. The molecule has 1 aliphatic carbocycles. The van der Waals surface area contributed by atoms with E-state index in [2.05, 4.69) is 21.5 Å². The third-order valence-corrected chi connectivity index (χ3v) is 8.69. The molecule has 33 heavy (non-hydrogen) atoms. The van der Waals surface area contributed by atoms with E-state index in [0.717, 1.165) is 58.2 Å². The Morgan fingerprint density at radius 2 is 1.88 bits per heavy atom. The van der Waals surface area contributed by atoms with Crippen LogP contribution in [0.3, 0.4) is 0 Å². The SMILES string of the molecule is CCCCCCSc1nnc2n(-c3ccc(OC)cc3)c(=O)c3c4c(sc3n12)CCCCC4. The van der Waals surface area contributed by atoms with E-state index in [1.807, 2.05) is 24.3 Å². The second-order valence-electron chi connectivity index (χ2n) is 8.61. The Balaban J connectivity index is 1.70. The number of benzene rings is 1. The van der Waals surface area contributed by atoms with Crippen LogP contribution in [-0.2, 0) is 12.8 Å². The van der Waals surface area contributed by atoms with Gasteiger partial charge < -0.3 is 4.74 Å². The summed E-state index contributed by atoms with van der Waals surface area (Å²) in [6, 6.07) is 7.61. The minimum absolute atomic E-state index is 0.00830. The average Bonchev–Trinajstić information content (AvgIpc) is 3.33. The van der Waals surface area contributed by atoms with Crippen molar-refractivity contribution < 1.29 is 4.74 Å². The van der Waals surface area contributed by atoms with Gasteiger partial charge in [-0.05, 0) is 61.9 Å². The Bertz CT molecular complexity index is 1320. The quantitative estimate of drug-likeness (QED) is 0.174. The van der Waals surface area contributed by atoms with Gasteiger partial charge in [0.2, 0.25) is 5.78 Å². The Hall–Kier alpha value is -2.32. The first-order chi connectivity index (χ1) is 16.2. The molecule has 0 fully saturated rings. The number of hydrogen-bond acceptors (Lipinski definition) is 6. The second kappa shape index (κ2) is 9.89. The van der Waals surface area contributed by atoms with Crippen molar-refractivity contribution in [3.8, 4) is 11.4 Å². The van der Waals surface area contributed by atoms with E-state index >= 15 is 0 Å². The third kappa shape index (κ3) is 4.19. The van der Waals surface area contributed by atoms with E-state index in [1.54, 1.807) is 34.8 Å². The second-order valence-corrected chi connectivity index (χ2v) is 10.8. The van der Waals surface area contributed by atoms with Gasteiger partial charge in [0, 0.05) is 10.6 Å². The van der Waals surface area contributed by atoms with E-state index in [9.17, 15) is 4.79 Å². The molecular formula is C25H30N4O2S2. The van der Waals surface area contributed by atoms with E-state index < -0.39 is 0 Å². The molecule has 0 atom stereocenters. The van der Waals surface area contributed by atoms with Crippen LogP contribution < -0.4 is 10.3 Å². The van der Waals surface area contributed by atoms with Crippen molar-refractivity contribution in [2.24, 2.45) is 0 Å². The first-order valence-electron chi connectivity index (χ1n) is 11.9. The maximum atomic E-state index is 13.9. The van der Waals surface area contributed by atoms with Gasteiger partial charge in [0.15, 0.2) is 5.16 Å². The number of unbranched alkanes of at least 4 members (excludes halogenated alkanes) is 3. The molecule has 174 valence electrons. The number of rotatable bonds is 8. The highest BCUT2D eigenvalue weighted by Crippen LogP contribution is 2.36. The molecule has 0 radical (unpaired) electrons. The molecule has 3 aromatic heterocycles. The average molecular weight is 483 g/mol. The summed E-state index contributed by atoms with van der Waals surface area (Å²) >= 11 is 3.52. The Kier molecular flexibility index (Phi) is 6.74. The van der Waals surface area contributed by atoms with Gasteiger partial charge in [-0.25, -0.2) is 8.97 Å². The summed E-state index contributed by atoms with van der Waals surface area (Å²) in [5.41, 5.74) is 2.04. The lowest BCUT2D eigenvalue weighted by Crippen LogP contribution is -2.22. The highest BCUT2D eigenvalue weighted by molar-refractivity contribution is 7.99. The molecule has 6 nitrogen and oxygen atoms in total. The minimum Gasteiger partial charge on any atom is -0.497 e. The fourth-order valence-electron chi connectivity index (χ4n) is 4.64. The lowest BCUT2D eigenvalue weighted by molar-refractivity contribution is 0.414. The highest BCUT2D eigenvalue weighted by atomic mass is 32.2. The van der Waals surface area contributed by atoms with Gasteiger partial charge in [-0.15, -0.1) is 21.5 Å². The first kappa shape index (κ1) is 22.5. The molecule has 0 saturated heterocycles. The van der Waals surface area contributed by atoms with Crippen LogP contribution in [0.5, 0.6) is 5.75 Å². The summed E-state index contributed by atoms with van der Waals surface area (Å²) in [6.45, 7) is 2.23. The molecule has 0 bridgehead atoms. The van der Waals surface area contributed by atoms with Gasteiger partial charge in [0.25, 0.3) is 5.56 Å². The maximum absolute atomic E-state index is 13.9. The number of aryl methyl sites for hydroxylation is 2. The molecule has 5 rings (SSSR count). The largest absolute Gasteiger partial charge is 0.497 e. The Labute approximate surface area is 202 Å². The molecular weight excluding hydrogens is 452 g/mol. The van der Waals surface area contributed by atoms with Gasteiger partial charge in [-0.3, -0.25) is 4.79 Å². The van der Waals surface area contributed by atoms with Gasteiger partial charge in [0.1, 0.15) is 10.6 Å². The van der Waals surface area contributed by atoms with Crippen LogP contribution in [0.25, 0.3) is 21.7 Å². The number of thioether (sulfide) groups is 1. The number of hydrogen-bond donors (Lipinski definition) is 0. The monoisotopic (exact) mass is 482 g/mol. The predicted molar refractivity (Wildman–Crippen MR) is 137 cm³/mol. The molecule has 0 unspecified atom stereocenters. The minimum atomic E-state index is 0.00830. The van der Waals surface area contributed by atoms with Crippen LogP contribution in [-0.4, -0.2) is 32.0 Å². The molecule has 1 aliphatic rings. The molecule has 8 heteroatoms. The molecule has 3 heterocycles. The summed E-state index contributed by atoms with van der Waals surface area (Å²) in [5, 5.41) is 10.8. The van der Waals surface area contributed by atoms with E-state index in [4.69, 9.17) is 4.74 Å². The van der Waals surface area contributed by atoms with Crippen molar-refractivity contribution in [3.63, 3.8) is 0 Å². The van der Waals surface area contributed by atoms with Gasteiger partial charge in [-0.2, -0.15) is 0 Å². The van der Waals surface area contributed by atoms with Crippen molar-refractivity contribution in [1.82, 2.24) is 19.2 Å². The van der Waals surface area contributed by atoms with Crippen molar-refractivity contribution in [1.29, 1.82) is 0 Å². The van der Waals surface area contributed by atoms with Crippen LogP contribution in [0.4, 0.5) is 0 Å². The van der Waals surface area contributed by atoms with Gasteiger partial charge in [-0.1, -0.05) is 44.4 Å². The number of methoxy groups -OCH3 is 1. The standard InChI is InChI=1S/C25H30N4O2S2/c1-3-4-5-9-16-32-25-27-26-24-28(17-12-14-18(31-2)15-13-17)22(30)21-19-10-7-6-8-11-20(19)33-23(21)29(24)25/h12-15H,3-11,16H2,1-2H3. The zero-order chi connectivity index (χ0) is 22.8. The smallest absolute Gasteiger partial charge is 0.268 e. The maximum Gasteiger partial charge on any atom is 0.268 e. The Morgan fingerprint density at radius 3 is 2.67 bits per heavy atom. The predicted octanol–water partition coefficient (Wildman–Crippen LogP) is 6.04. The van der Waals surface area contributed by atoms with Gasteiger partial charge in [0.05, 0.1) is 18.2 Å². The van der Waals surface area contributed by atoms with Crippen LogP contribution in [0.1, 0.15) is 62.3 Å². The number of nitrogens with zero attached hydrogens (tertiary/aromatic N) is 4. The van der Waals surface area contributed by atoms with E-state index in [-0.39, 0.29) is 5.56 Å². The molecule has 1 aromatic carbocycles. The fourth-order valence-corrected chi connectivity index (χ4v) is 7.01. The van der Waals surface area contributed by atoms with Crippen molar-refractivity contribution in [3.05, 3.63) is 45.1 Å². The number of aromatic nitrogens is 4. The lowest BCUT2D eigenvalue weighted by atomic mass is 10.1. The Morgan fingerprint density at radius 1 is 1.06 bits per heavy atom. The zero-order valence-electron chi connectivity index (χ0n) is 19.3. The normalized spacial score (nSPS) is 14.0. The fraction of sp³-hybridized carbons (Fsp3) is 0.480. The summed E-state index contributed by atoms with van der Waals surface area (Å²) in [5.74, 6) is 2.36. The van der Waals surface area contributed by atoms with Crippen LogP contribution in [0, 0.1) is 0 Å². The summed E-state index contributed by atoms with van der Waals surface area (Å²) in [6.07, 6.45) is 10.5. The first-order valence-corrected chi connectivity index (χ1v) is 13.7. The number of thiophene rings is 1. The van der Waals surface area contributed by atoms with Crippen LogP contribution >= 0.6 is 23.1 Å². The van der Waals surface area contributed by atoms with Crippen molar-refractivity contribution in [2.45, 2.75) is 69.9 Å². The number of fused-ring (bicyclic) bond motifs is 5. The molecule has 0 N–H and O–H groups in total. The molecule has 0 aliphatic heterocycles. The third-order valence-electron chi connectivity index (χ3n) is 6.40. The zero-order valence-corrected chi connectivity index (χ0v) is 20.9. The molecule has 0 spiro atoms.